The average Bonchev–Trinajstić information content (AvgIpc) is 2.44. The van der Waals surface area contributed by atoms with Crippen LogP contribution < -0.4 is 5.32 Å². The molecule has 0 aromatic rings. The third kappa shape index (κ3) is 4.04. The molecule has 3 nitrogen and oxygen atoms in total. The highest BCUT2D eigenvalue weighted by Gasteiger charge is 2.32. The predicted molar refractivity (Wildman–Crippen MR) is 68.6 cm³/mol. The van der Waals surface area contributed by atoms with E-state index in [1.165, 1.54) is 0 Å². The minimum Gasteiger partial charge on any atom is -0.389 e. The van der Waals surface area contributed by atoms with Crippen molar-refractivity contribution in [2.45, 2.75) is 52.2 Å². The Morgan fingerprint density at radius 3 is 2.44 bits per heavy atom. The van der Waals surface area contributed by atoms with Gasteiger partial charge in [0.15, 0.2) is 0 Å². The van der Waals surface area contributed by atoms with Gasteiger partial charge in [0.25, 0.3) is 0 Å². The van der Waals surface area contributed by atoms with Crippen LogP contribution in [0.25, 0.3) is 0 Å². The summed E-state index contributed by atoms with van der Waals surface area (Å²) in [5.74, 6) is 0. The standard InChI is InChI=1S/C13H28N2O/c1-12(2,3)11(14-5)6-8-15-9-7-13(4,16)10-15/h11,14,16H,6-10H2,1-5H3. The van der Waals surface area contributed by atoms with Crippen molar-refractivity contribution in [3.63, 3.8) is 0 Å². The van der Waals surface area contributed by atoms with Crippen LogP contribution in [-0.2, 0) is 0 Å². The van der Waals surface area contributed by atoms with Gasteiger partial charge in [-0.1, -0.05) is 20.8 Å². The van der Waals surface area contributed by atoms with Gasteiger partial charge in [-0.3, -0.25) is 0 Å². The topological polar surface area (TPSA) is 35.5 Å². The minimum atomic E-state index is -0.461. The molecule has 1 heterocycles. The largest absolute Gasteiger partial charge is 0.389 e. The SMILES string of the molecule is CNC(CCN1CCC(C)(O)C1)C(C)(C)C. The first-order valence-electron chi connectivity index (χ1n) is 6.36. The van der Waals surface area contributed by atoms with Gasteiger partial charge in [-0.15, -0.1) is 0 Å². The molecule has 0 aromatic heterocycles. The van der Waals surface area contributed by atoms with Crippen molar-refractivity contribution in [1.29, 1.82) is 0 Å². The summed E-state index contributed by atoms with van der Waals surface area (Å²) in [5, 5.41) is 13.3. The van der Waals surface area contributed by atoms with Crippen LogP contribution in [-0.4, -0.2) is 48.3 Å². The molecule has 1 saturated heterocycles. The Morgan fingerprint density at radius 1 is 1.44 bits per heavy atom. The Balaban J connectivity index is 2.34. The number of nitrogens with zero attached hydrogens (tertiary/aromatic N) is 1. The first-order chi connectivity index (χ1) is 7.24. The third-order valence-electron chi connectivity index (χ3n) is 3.66. The van der Waals surface area contributed by atoms with Crippen molar-refractivity contribution in [2.24, 2.45) is 5.41 Å². The Bertz CT molecular complexity index is 220. The molecule has 1 aliphatic rings. The number of hydrogen-bond acceptors (Lipinski definition) is 3. The quantitative estimate of drug-likeness (QED) is 0.765. The van der Waals surface area contributed by atoms with Gasteiger partial charge in [-0.05, 0) is 38.8 Å². The minimum absolute atomic E-state index is 0.303. The summed E-state index contributed by atoms with van der Waals surface area (Å²) >= 11 is 0. The first-order valence-corrected chi connectivity index (χ1v) is 6.36. The molecule has 0 saturated carbocycles. The molecule has 96 valence electrons. The lowest BCUT2D eigenvalue weighted by atomic mass is 9.85. The maximum atomic E-state index is 9.89. The van der Waals surface area contributed by atoms with E-state index in [-0.39, 0.29) is 0 Å². The molecular formula is C13H28N2O. The highest BCUT2D eigenvalue weighted by Crippen LogP contribution is 2.24. The summed E-state index contributed by atoms with van der Waals surface area (Å²) in [5.41, 5.74) is -0.159. The molecule has 0 aliphatic carbocycles. The smallest absolute Gasteiger partial charge is 0.0758 e. The number of hydrogen-bond donors (Lipinski definition) is 2. The third-order valence-corrected chi connectivity index (χ3v) is 3.66. The van der Waals surface area contributed by atoms with Gasteiger partial charge < -0.3 is 15.3 Å². The summed E-state index contributed by atoms with van der Waals surface area (Å²) in [4.78, 5) is 2.37. The van der Waals surface area contributed by atoms with E-state index in [0.29, 0.717) is 11.5 Å². The Hall–Kier alpha value is -0.120. The van der Waals surface area contributed by atoms with Crippen LogP contribution in [0.4, 0.5) is 0 Å². The maximum absolute atomic E-state index is 9.89. The molecule has 1 rings (SSSR count). The normalized spacial score (nSPS) is 29.6. The van der Waals surface area contributed by atoms with E-state index >= 15 is 0 Å². The summed E-state index contributed by atoms with van der Waals surface area (Å²) in [6, 6.07) is 0.540. The summed E-state index contributed by atoms with van der Waals surface area (Å²) in [6.07, 6.45) is 2.06. The molecular weight excluding hydrogens is 200 g/mol. The summed E-state index contributed by atoms with van der Waals surface area (Å²) in [7, 11) is 2.04. The monoisotopic (exact) mass is 228 g/mol. The zero-order chi connectivity index (χ0) is 12.4. The fourth-order valence-corrected chi connectivity index (χ4v) is 2.55. The van der Waals surface area contributed by atoms with Crippen LogP contribution in [0.1, 0.15) is 40.5 Å². The molecule has 3 heteroatoms. The van der Waals surface area contributed by atoms with Gasteiger partial charge in [0.2, 0.25) is 0 Å². The van der Waals surface area contributed by atoms with E-state index < -0.39 is 5.60 Å². The highest BCUT2D eigenvalue weighted by molar-refractivity contribution is 4.87. The number of aliphatic hydroxyl groups is 1. The Labute approximate surface area is 100 Å². The van der Waals surface area contributed by atoms with Crippen molar-refractivity contribution in [3.05, 3.63) is 0 Å². The molecule has 0 spiro atoms. The zero-order valence-corrected chi connectivity index (χ0v) is 11.5. The van der Waals surface area contributed by atoms with E-state index in [2.05, 4.69) is 31.0 Å². The maximum Gasteiger partial charge on any atom is 0.0758 e. The van der Waals surface area contributed by atoms with Crippen LogP contribution in [0.2, 0.25) is 0 Å². The number of β-amino-alcohol motifs (C(OH)–C–C–N with tert-alkyl or cyclic N) is 1. The molecule has 1 aliphatic heterocycles. The van der Waals surface area contributed by atoms with Crippen LogP contribution in [0, 0.1) is 5.41 Å². The van der Waals surface area contributed by atoms with E-state index in [4.69, 9.17) is 0 Å². The molecule has 0 radical (unpaired) electrons. The van der Waals surface area contributed by atoms with Gasteiger partial charge in [-0.25, -0.2) is 0 Å². The lowest BCUT2D eigenvalue weighted by molar-refractivity contribution is 0.0676. The lowest BCUT2D eigenvalue weighted by Crippen LogP contribution is -2.41. The van der Waals surface area contributed by atoms with Gasteiger partial charge in [-0.2, -0.15) is 0 Å². The van der Waals surface area contributed by atoms with Crippen LogP contribution in [0.15, 0.2) is 0 Å². The van der Waals surface area contributed by atoms with Gasteiger partial charge >= 0.3 is 0 Å². The van der Waals surface area contributed by atoms with Crippen LogP contribution >= 0.6 is 0 Å². The molecule has 0 amide bonds. The molecule has 0 bridgehead atoms. The van der Waals surface area contributed by atoms with Crippen LogP contribution in [0.3, 0.4) is 0 Å². The lowest BCUT2D eigenvalue weighted by Gasteiger charge is -2.32. The number of nitrogens with one attached hydrogen (secondary N) is 1. The van der Waals surface area contributed by atoms with E-state index in [0.717, 1.165) is 32.5 Å². The van der Waals surface area contributed by atoms with Crippen molar-refractivity contribution in [1.82, 2.24) is 10.2 Å². The second kappa shape index (κ2) is 5.03. The van der Waals surface area contributed by atoms with Gasteiger partial charge in [0, 0.05) is 19.1 Å². The molecule has 2 atom stereocenters. The van der Waals surface area contributed by atoms with Crippen molar-refractivity contribution in [2.75, 3.05) is 26.7 Å². The van der Waals surface area contributed by atoms with E-state index in [9.17, 15) is 5.11 Å². The number of likely N-dealkylation sites (tertiary alicyclic amines) is 1. The highest BCUT2D eigenvalue weighted by atomic mass is 16.3. The fourth-order valence-electron chi connectivity index (χ4n) is 2.55. The summed E-state index contributed by atoms with van der Waals surface area (Å²) in [6.45, 7) is 11.7. The Morgan fingerprint density at radius 2 is 2.06 bits per heavy atom. The molecule has 2 N–H and O–H groups in total. The van der Waals surface area contributed by atoms with Crippen LogP contribution in [0.5, 0.6) is 0 Å². The van der Waals surface area contributed by atoms with Gasteiger partial charge in [0.1, 0.15) is 0 Å². The predicted octanol–water partition coefficient (Wildman–Crippen LogP) is 1.47. The zero-order valence-electron chi connectivity index (χ0n) is 11.5. The van der Waals surface area contributed by atoms with Crippen molar-refractivity contribution < 1.29 is 5.11 Å². The van der Waals surface area contributed by atoms with E-state index in [1.54, 1.807) is 0 Å². The second-order valence-corrected chi connectivity index (χ2v) is 6.52. The fraction of sp³-hybridized carbons (Fsp3) is 1.00. The first kappa shape index (κ1) is 13.9. The molecule has 2 unspecified atom stereocenters. The van der Waals surface area contributed by atoms with Crippen molar-refractivity contribution >= 4 is 0 Å². The molecule has 0 aromatic carbocycles. The second-order valence-electron chi connectivity index (χ2n) is 6.52. The average molecular weight is 228 g/mol. The van der Waals surface area contributed by atoms with Gasteiger partial charge in [0.05, 0.1) is 5.60 Å². The number of rotatable bonds is 4. The molecule has 1 fully saturated rings. The van der Waals surface area contributed by atoms with E-state index in [1.807, 2.05) is 14.0 Å². The van der Waals surface area contributed by atoms with Crippen molar-refractivity contribution in [3.8, 4) is 0 Å². The Kier molecular flexibility index (Phi) is 4.38. The molecule has 16 heavy (non-hydrogen) atoms. The summed E-state index contributed by atoms with van der Waals surface area (Å²) < 4.78 is 0.